The molecule has 0 heterocycles. The molecule has 0 unspecified atom stereocenters. The Kier molecular flexibility index (Phi) is 12.6. The molecule has 0 fully saturated rings. The van der Waals surface area contributed by atoms with Crippen molar-refractivity contribution in [2.45, 2.75) is 26.3 Å². The smallest absolute Gasteiger partial charge is 0.325 e. The van der Waals surface area contributed by atoms with E-state index in [1.54, 1.807) is 47.1 Å². The van der Waals surface area contributed by atoms with Crippen LogP contribution in [0.1, 0.15) is 20.8 Å². The van der Waals surface area contributed by atoms with E-state index in [9.17, 15) is 4.79 Å². The number of halogens is 1. The van der Waals surface area contributed by atoms with Gasteiger partial charge >= 0.3 is 5.97 Å². The second-order valence-electron chi connectivity index (χ2n) is 4.25. The van der Waals surface area contributed by atoms with Crippen molar-refractivity contribution >= 4 is 24.4 Å². The Morgan fingerprint density at radius 1 is 1.29 bits per heavy atom. The average Bonchev–Trinajstić information content (AvgIpc) is 2.51. The molecule has 21 heavy (non-hydrogen) atoms. The number of carbonyl (C=O) groups excluding carboxylic acids is 2. The number of methoxy groups -OCH3 is 1. The number of ether oxygens (including phenoxy) is 2. The third kappa shape index (κ3) is 9.87. The minimum atomic E-state index is -0.560. The van der Waals surface area contributed by atoms with Crippen LogP contribution in [0.3, 0.4) is 0 Å². The van der Waals surface area contributed by atoms with Gasteiger partial charge in [0.2, 0.25) is 0 Å². The fourth-order valence-corrected chi connectivity index (χ4v) is 1.11. The monoisotopic (exact) mass is 317 g/mol. The van der Waals surface area contributed by atoms with Crippen LogP contribution in [0.4, 0.5) is 0 Å². The number of hydrogen-bond donors (Lipinski definition) is 1. The lowest BCUT2D eigenvalue weighted by Crippen LogP contribution is -2.45. The minimum absolute atomic E-state index is 0.211. The third-order valence-electron chi connectivity index (χ3n) is 2.46. The van der Waals surface area contributed by atoms with Gasteiger partial charge in [0.25, 0.3) is 0 Å². The molecular formula is C15H24ClNO4. The van der Waals surface area contributed by atoms with E-state index < -0.39 is 5.54 Å². The SMILES string of the molecule is C=O.CCOC(=O)C(C)(C)NC.COc1ccc(Cl)cc1. The third-order valence-corrected chi connectivity index (χ3v) is 2.71. The number of hydrogen-bond acceptors (Lipinski definition) is 5. The molecule has 0 aliphatic carbocycles. The van der Waals surface area contributed by atoms with Crippen molar-refractivity contribution in [2.24, 2.45) is 0 Å². The van der Waals surface area contributed by atoms with Crippen LogP contribution in [0.25, 0.3) is 0 Å². The summed E-state index contributed by atoms with van der Waals surface area (Å²) in [6, 6.07) is 7.23. The maximum Gasteiger partial charge on any atom is 0.325 e. The molecule has 0 aromatic heterocycles. The summed E-state index contributed by atoms with van der Waals surface area (Å²) in [5.41, 5.74) is -0.560. The predicted molar refractivity (Wildman–Crippen MR) is 84.9 cm³/mol. The van der Waals surface area contributed by atoms with E-state index in [0.717, 1.165) is 10.8 Å². The highest BCUT2D eigenvalue weighted by atomic mass is 35.5. The van der Waals surface area contributed by atoms with Crippen molar-refractivity contribution in [1.82, 2.24) is 5.32 Å². The Morgan fingerprint density at radius 3 is 2.10 bits per heavy atom. The molecule has 0 amide bonds. The molecule has 1 N–H and O–H groups in total. The van der Waals surface area contributed by atoms with Crippen molar-refractivity contribution in [2.75, 3.05) is 20.8 Å². The van der Waals surface area contributed by atoms with Crippen molar-refractivity contribution in [3.63, 3.8) is 0 Å². The van der Waals surface area contributed by atoms with Crippen LogP contribution in [0.5, 0.6) is 5.75 Å². The molecule has 120 valence electrons. The molecule has 1 aromatic carbocycles. The Bertz CT molecular complexity index is 393. The van der Waals surface area contributed by atoms with Gasteiger partial charge in [-0.1, -0.05) is 11.6 Å². The lowest BCUT2D eigenvalue weighted by atomic mass is 10.1. The molecule has 0 bridgehead atoms. The Hall–Kier alpha value is -1.59. The molecule has 0 saturated carbocycles. The highest BCUT2D eigenvalue weighted by Gasteiger charge is 2.26. The van der Waals surface area contributed by atoms with Crippen molar-refractivity contribution < 1.29 is 19.1 Å². The van der Waals surface area contributed by atoms with E-state index in [0.29, 0.717) is 6.61 Å². The summed E-state index contributed by atoms with van der Waals surface area (Å²) in [5, 5.41) is 3.58. The van der Waals surface area contributed by atoms with Crippen LogP contribution >= 0.6 is 11.6 Å². The number of nitrogens with one attached hydrogen (secondary N) is 1. The molecule has 0 spiro atoms. The summed E-state index contributed by atoms with van der Waals surface area (Å²) in [7, 11) is 3.36. The lowest BCUT2D eigenvalue weighted by Gasteiger charge is -2.20. The van der Waals surface area contributed by atoms with Crippen molar-refractivity contribution in [1.29, 1.82) is 0 Å². The maximum absolute atomic E-state index is 11.0. The maximum atomic E-state index is 11.0. The van der Waals surface area contributed by atoms with E-state index in [1.165, 1.54) is 0 Å². The Labute approximate surface area is 131 Å². The largest absolute Gasteiger partial charge is 0.497 e. The molecular weight excluding hydrogens is 294 g/mol. The molecule has 1 rings (SSSR count). The van der Waals surface area contributed by atoms with Crippen molar-refractivity contribution in [3.8, 4) is 5.75 Å². The average molecular weight is 318 g/mol. The van der Waals surface area contributed by atoms with Crippen LogP contribution < -0.4 is 10.1 Å². The van der Waals surface area contributed by atoms with Crippen LogP contribution in [0, 0.1) is 0 Å². The summed E-state index contributed by atoms with van der Waals surface area (Å²) in [6.07, 6.45) is 0. The highest BCUT2D eigenvalue weighted by Crippen LogP contribution is 2.14. The minimum Gasteiger partial charge on any atom is -0.497 e. The first-order valence-electron chi connectivity index (χ1n) is 6.32. The summed E-state index contributed by atoms with van der Waals surface area (Å²) in [6.45, 7) is 7.80. The normalized spacial score (nSPS) is 9.43. The fraction of sp³-hybridized carbons (Fsp3) is 0.467. The first kappa shape index (κ1) is 21.7. The second-order valence-corrected chi connectivity index (χ2v) is 4.69. The standard InChI is InChI=1S/C7H7ClO.C7H15NO2.CH2O/c1-9-7-4-2-6(8)3-5-7;1-5-10-6(9)7(2,3)8-4;1-2/h2-5H,1H3;8H,5H2,1-4H3;1H2. The number of benzene rings is 1. The molecule has 1 aromatic rings. The lowest BCUT2D eigenvalue weighted by molar-refractivity contribution is -0.149. The van der Waals surface area contributed by atoms with E-state index in [2.05, 4.69) is 5.32 Å². The van der Waals surface area contributed by atoms with Gasteiger partial charge in [-0.2, -0.15) is 0 Å². The van der Waals surface area contributed by atoms with E-state index in [-0.39, 0.29) is 5.97 Å². The number of esters is 1. The Balaban J connectivity index is 0. The van der Waals surface area contributed by atoms with Crippen LogP contribution in [0.15, 0.2) is 24.3 Å². The molecule has 0 saturated heterocycles. The zero-order valence-corrected chi connectivity index (χ0v) is 14.0. The molecule has 5 nitrogen and oxygen atoms in total. The van der Waals surface area contributed by atoms with Gasteiger partial charge in [-0.15, -0.1) is 0 Å². The van der Waals surface area contributed by atoms with Gasteiger partial charge in [0.15, 0.2) is 0 Å². The quantitative estimate of drug-likeness (QED) is 0.865. The number of carbonyl (C=O) groups is 2. The van der Waals surface area contributed by atoms with E-state index in [1.807, 2.05) is 18.9 Å². The van der Waals surface area contributed by atoms with Crippen molar-refractivity contribution in [3.05, 3.63) is 29.3 Å². The number of likely N-dealkylation sites (N-methyl/N-ethyl adjacent to an activating group) is 1. The molecule has 0 aliphatic heterocycles. The van der Waals surface area contributed by atoms with Gasteiger partial charge in [-0.25, -0.2) is 0 Å². The van der Waals surface area contributed by atoms with E-state index >= 15 is 0 Å². The summed E-state index contributed by atoms with van der Waals surface area (Å²) in [4.78, 5) is 19.0. The summed E-state index contributed by atoms with van der Waals surface area (Å²) < 4.78 is 9.71. The number of rotatable bonds is 4. The molecule has 6 heteroatoms. The zero-order valence-electron chi connectivity index (χ0n) is 13.2. The van der Waals surface area contributed by atoms with Gasteiger partial charge in [-0.3, -0.25) is 4.79 Å². The zero-order chi connectivity index (χ0) is 16.9. The van der Waals surface area contributed by atoms with Crippen LogP contribution in [0.2, 0.25) is 5.02 Å². The van der Waals surface area contributed by atoms with Crippen LogP contribution in [-0.2, 0) is 14.3 Å². The molecule has 0 atom stereocenters. The first-order valence-corrected chi connectivity index (χ1v) is 6.69. The predicted octanol–water partition coefficient (Wildman–Crippen LogP) is 2.71. The summed E-state index contributed by atoms with van der Waals surface area (Å²) >= 11 is 5.61. The summed E-state index contributed by atoms with van der Waals surface area (Å²) in [5.74, 6) is 0.622. The van der Waals surface area contributed by atoms with Gasteiger partial charge in [0.1, 0.15) is 18.1 Å². The molecule has 0 radical (unpaired) electrons. The second kappa shape index (κ2) is 12.2. The highest BCUT2D eigenvalue weighted by molar-refractivity contribution is 6.30. The van der Waals surface area contributed by atoms with Gasteiger partial charge in [0.05, 0.1) is 13.7 Å². The first-order chi connectivity index (χ1) is 9.87. The topological polar surface area (TPSA) is 64.6 Å². The van der Waals surface area contributed by atoms with E-state index in [4.69, 9.17) is 25.9 Å². The van der Waals surface area contributed by atoms with Gasteiger partial charge < -0.3 is 19.6 Å². The van der Waals surface area contributed by atoms with Crippen LogP contribution in [-0.4, -0.2) is 39.1 Å². The fourth-order valence-electron chi connectivity index (χ4n) is 0.984. The van der Waals surface area contributed by atoms with Gasteiger partial charge in [0, 0.05) is 5.02 Å². The Morgan fingerprint density at radius 2 is 1.76 bits per heavy atom. The molecule has 0 aliphatic rings. The van der Waals surface area contributed by atoms with Gasteiger partial charge in [-0.05, 0) is 52.1 Å².